The third kappa shape index (κ3) is 4.13. The second kappa shape index (κ2) is 9.02. The van der Waals surface area contributed by atoms with Gasteiger partial charge < -0.3 is 9.47 Å². The van der Waals surface area contributed by atoms with Crippen LogP contribution in [0.5, 0.6) is 0 Å². The molecule has 0 unspecified atom stereocenters. The number of ether oxygens (including phenoxy) is 2. The van der Waals surface area contributed by atoms with Gasteiger partial charge in [0.1, 0.15) is 0 Å². The molecule has 3 rings (SSSR count). The molecule has 0 aromatic heterocycles. The smallest absolute Gasteiger partial charge is 0.432 e. The van der Waals surface area contributed by atoms with Crippen LogP contribution in [0.3, 0.4) is 0 Å². The maximum atomic E-state index is 14.2. The molecule has 2 atom stereocenters. The van der Waals surface area contributed by atoms with Gasteiger partial charge in [0.25, 0.3) is 5.60 Å². The van der Waals surface area contributed by atoms with Crippen molar-refractivity contribution in [3.63, 3.8) is 0 Å². The van der Waals surface area contributed by atoms with Gasteiger partial charge in [0.05, 0.1) is 0 Å². The Kier molecular flexibility index (Phi) is 6.63. The van der Waals surface area contributed by atoms with Gasteiger partial charge >= 0.3 is 12.1 Å². The lowest BCUT2D eigenvalue weighted by Crippen LogP contribution is -2.52. The van der Waals surface area contributed by atoms with Crippen molar-refractivity contribution in [3.05, 3.63) is 106 Å². The highest BCUT2D eigenvalue weighted by atomic mass is 79.9. The van der Waals surface area contributed by atoms with E-state index < -0.39 is 23.9 Å². The third-order valence-electron chi connectivity index (χ3n) is 4.69. The van der Waals surface area contributed by atoms with Crippen LogP contribution in [0.4, 0.5) is 13.2 Å². The summed E-state index contributed by atoms with van der Waals surface area (Å²) in [6, 6.07) is 22.2. The predicted molar refractivity (Wildman–Crippen MR) is 110 cm³/mol. The second-order valence-electron chi connectivity index (χ2n) is 6.47. The zero-order valence-corrected chi connectivity index (χ0v) is 17.5. The van der Waals surface area contributed by atoms with Gasteiger partial charge in [-0.2, -0.15) is 13.2 Å². The van der Waals surface area contributed by atoms with E-state index in [9.17, 15) is 18.0 Å². The van der Waals surface area contributed by atoms with Gasteiger partial charge in [0.15, 0.2) is 6.10 Å². The number of methoxy groups -OCH3 is 1. The summed E-state index contributed by atoms with van der Waals surface area (Å²) in [6.07, 6.45) is -6.12. The molecule has 0 aliphatic carbocycles. The average Bonchev–Trinajstić information content (AvgIpc) is 2.74. The lowest BCUT2D eigenvalue weighted by Gasteiger charge is -2.34. The van der Waals surface area contributed by atoms with Gasteiger partial charge in [-0.15, -0.1) is 0 Å². The number of hydrogen-bond acceptors (Lipinski definition) is 3. The fourth-order valence-electron chi connectivity index (χ4n) is 3.20. The number of carbonyl (C=O) groups excluding carboxylic acids is 1. The minimum atomic E-state index is -5.05. The van der Waals surface area contributed by atoms with Crippen molar-refractivity contribution in [2.45, 2.75) is 17.9 Å². The van der Waals surface area contributed by atoms with Gasteiger partial charge in [-0.25, -0.2) is 4.79 Å². The third-order valence-corrected chi connectivity index (χ3v) is 5.41. The molecule has 0 fully saturated rings. The van der Waals surface area contributed by atoms with E-state index in [1.54, 1.807) is 60.7 Å². The molecule has 0 aliphatic heterocycles. The van der Waals surface area contributed by atoms with Crippen molar-refractivity contribution in [3.8, 4) is 0 Å². The van der Waals surface area contributed by atoms with Crippen LogP contribution >= 0.6 is 15.9 Å². The summed E-state index contributed by atoms with van der Waals surface area (Å²) in [4.78, 5) is 13.1. The minimum absolute atomic E-state index is 0.357. The summed E-state index contributed by atoms with van der Waals surface area (Å²) in [5, 5.41) is 0. The Balaban J connectivity index is 2.11. The number of halogens is 4. The van der Waals surface area contributed by atoms with E-state index in [1.165, 1.54) is 24.3 Å². The van der Waals surface area contributed by atoms with E-state index in [0.29, 0.717) is 15.6 Å². The van der Waals surface area contributed by atoms with Crippen LogP contribution in [0.1, 0.15) is 22.8 Å². The average molecular weight is 479 g/mol. The summed E-state index contributed by atoms with van der Waals surface area (Å²) >= 11 is 3.39. The largest absolute Gasteiger partial charge is 0.450 e. The number of rotatable bonds is 6. The number of benzene rings is 3. The Morgan fingerprint density at radius 3 is 1.93 bits per heavy atom. The quantitative estimate of drug-likeness (QED) is 0.396. The molecular formula is C23H18BrF3O3. The van der Waals surface area contributed by atoms with Crippen LogP contribution in [0.25, 0.3) is 0 Å². The molecule has 0 spiro atoms. The van der Waals surface area contributed by atoms with Crippen molar-refractivity contribution in [1.29, 1.82) is 0 Å². The highest BCUT2D eigenvalue weighted by molar-refractivity contribution is 9.10. The maximum absolute atomic E-state index is 14.2. The topological polar surface area (TPSA) is 35.5 Å². The summed E-state index contributed by atoms with van der Waals surface area (Å²) in [5.41, 5.74) is -2.58. The molecule has 3 aromatic carbocycles. The molecule has 0 radical (unpaired) electrons. The second-order valence-corrected chi connectivity index (χ2v) is 7.32. The number of hydrogen-bond donors (Lipinski definition) is 0. The van der Waals surface area contributed by atoms with E-state index >= 15 is 0 Å². The van der Waals surface area contributed by atoms with Crippen molar-refractivity contribution in [1.82, 2.24) is 0 Å². The van der Waals surface area contributed by atoms with Gasteiger partial charge in [0.2, 0.25) is 0 Å². The van der Waals surface area contributed by atoms with Crippen LogP contribution in [0, 0.1) is 0 Å². The van der Waals surface area contributed by atoms with E-state index in [0.717, 1.165) is 7.11 Å². The van der Waals surface area contributed by atoms with Gasteiger partial charge in [-0.3, -0.25) is 0 Å². The fraction of sp³-hybridized carbons (Fsp3) is 0.174. The van der Waals surface area contributed by atoms with Crippen LogP contribution in [0.2, 0.25) is 0 Å². The molecule has 0 N–H and O–H groups in total. The van der Waals surface area contributed by atoms with E-state index in [1.807, 2.05) is 0 Å². The van der Waals surface area contributed by atoms with Crippen LogP contribution in [-0.4, -0.2) is 19.3 Å². The molecule has 30 heavy (non-hydrogen) atoms. The summed E-state index contributed by atoms with van der Waals surface area (Å²) in [6.45, 7) is 0. The zero-order chi connectivity index (χ0) is 21.8. The molecule has 0 amide bonds. The molecule has 0 bridgehead atoms. The van der Waals surface area contributed by atoms with Gasteiger partial charge in [0, 0.05) is 22.7 Å². The summed E-state index contributed by atoms with van der Waals surface area (Å²) < 4.78 is 53.6. The Morgan fingerprint density at radius 2 is 1.40 bits per heavy atom. The Morgan fingerprint density at radius 1 is 0.867 bits per heavy atom. The minimum Gasteiger partial charge on any atom is -0.450 e. The van der Waals surface area contributed by atoms with E-state index in [-0.39, 0.29) is 5.56 Å². The first-order chi connectivity index (χ1) is 14.3. The summed E-state index contributed by atoms with van der Waals surface area (Å²) in [5.74, 6) is -1.55. The molecule has 0 aliphatic rings. The van der Waals surface area contributed by atoms with Gasteiger partial charge in [-0.1, -0.05) is 94.8 Å². The highest BCUT2D eigenvalue weighted by Gasteiger charge is 2.64. The van der Waals surface area contributed by atoms with Crippen LogP contribution < -0.4 is 0 Å². The highest BCUT2D eigenvalue weighted by Crippen LogP contribution is 2.44. The fourth-order valence-corrected chi connectivity index (χ4v) is 3.70. The number of carbonyl (C=O) groups is 1. The first-order valence-corrected chi connectivity index (χ1v) is 9.78. The molecule has 0 saturated carbocycles. The van der Waals surface area contributed by atoms with Crippen molar-refractivity contribution < 1.29 is 27.4 Å². The standard InChI is InChI=1S/C23H18BrF3O3/c1-29-22(23(25,26)27,17-12-6-3-7-13-17)21(28)30-20(16-10-4-2-5-11-16)18-14-8-9-15-19(18)24/h2-15,20H,1H3/t20-,22-/m0/s1. The summed E-state index contributed by atoms with van der Waals surface area (Å²) in [7, 11) is 0.845. The predicted octanol–water partition coefficient (Wildman–Crippen LogP) is 6.19. The van der Waals surface area contributed by atoms with E-state index in [4.69, 9.17) is 9.47 Å². The molecule has 3 nitrogen and oxygen atoms in total. The monoisotopic (exact) mass is 478 g/mol. The Bertz CT molecular complexity index is 993. The lowest BCUT2D eigenvalue weighted by molar-refractivity contribution is -0.277. The lowest BCUT2D eigenvalue weighted by atomic mass is 9.92. The van der Waals surface area contributed by atoms with Gasteiger partial charge in [-0.05, 0) is 11.6 Å². The molecular weight excluding hydrogens is 461 g/mol. The molecule has 7 heteroatoms. The molecule has 0 heterocycles. The molecule has 3 aromatic rings. The zero-order valence-electron chi connectivity index (χ0n) is 15.9. The van der Waals surface area contributed by atoms with E-state index in [2.05, 4.69) is 15.9 Å². The Labute approximate surface area is 180 Å². The maximum Gasteiger partial charge on any atom is 0.432 e. The first kappa shape index (κ1) is 22.1. The number of esters is 1. The van der Waals surface area contributed by atoms with Crippen molar-refractivity contribution >= 4 is 21.9 Å². The number of alkyl halides is 3. The molecule has 0 saturated heterocycles. The van der Waals surface area contributed by atoms with Crippen molar-refractivity contribution in [2.24, 2.45) is 0 Å². The molecule has 156 valence electrons. The SMILES string of the molecule is CO[C@](C(=O)O[C@@H](c1ccccc1)c1ccccc1Br)(c1ccccc1)C(F)(F)F. The van der Waals surface area contributed by atoms with Crippen LogP contribution in [-0.2, 0) is 19.9 Å². The normalized spacial score (nSPS) is 14.6. The van der Waals surface area contributed by atoms with Crippen molar-refractivity contribution in [2.75, 3.05) is 7.11 Å². The first-order valence-electron chi connectivity index (χ1n) is 8.99. The Hall–Kier alpha value is -2.64. The van der Waals surface area contributed by atoms with Crippen LogP contribution in [0.15, 0.2) is 89.4 Å².